The molecule has 0 saturated carbocycles. The molecule has 0 spiro atoms. The third-order valence-corrected chi connectivity index (χ3v) is 4.50. The smallest absolute Gasteiger partial charge is 0.227 e. The lowest BCUT2D eigenvalue weighted by molar-refractivity contribution is -0.131. The first-order chi connectivity index (χ1) is 10.6. The van der Waals surface area contributed by atoms with Crippen LogP contribution in [0.5, 0.6) is 0 Å². The minimum atomic E-state index is -0.254. The number of carbonyl (C=O) groups excluding carboxylic acids is 1. The Bertz CT molecular complexity index is 671. The zero-order valence-corrected chi connectivity index (χ0v) is 12.9. The Kier molecular flexibility index (Phi) is 4.44. The van der Waals surface area contributed by atoms with Crippen LogP contribution in [0, 0.1) is 5.82 Å². The van der Waals surface area contributed by atoms with Crippen molar-refractivity contribution < 1.29 is 9.18 Å². The molecular weight excluding hydrogens is 301 g/mol. The van der Waals surface area contributed by atoms with E-state index in [-0.39, 0.29) is 17.8 Å². The van der Waals surface area contributed by atoms with E-state index in [1.165, 1.54) is 12.1 Å². The lowest BCUT2D eigenvalue weighted by atomic mass is 10.0. The highest BCUT2D eigenvalue weighted by Crippen LogP contribution is 2.32. The Morgan fingerprint density at radius 3 is 2.64 bits per heavy atom. The molecule has 22 heavy (non-hydrogen) atoms. The summed E-state index contributed by atoms with van der Waals surface area (Å²) in [5.74, 6) is -0.185. The molecule has 0 aliphatic carbocycles. The highest BCUT2D eigenvalue weighted by Gasteiger charge is 2.29. The van der Waals surface area contributed by atoms with Gasteiger partial charge in [0.25, 0.3) is 0 Å². The number of amides is 1. The van der Waals surface area contributed by atoms with Crippen molar-refractivity contribution in [2.45, 2.75) is 25.3 Å². The predicted molar refractivity (Wildman–Crippen MR) is 85.2 cm³/mol. The molecule has 1 aliphatic heterocycles. The van der Waals surface area contributed by atoms with E-state index >= 15 is 0 Å². The Balaban J connectivity index is 1.76. The molecule has 1 aliphatic rings. The molecule has 1 saturated heterocycles. The van der Waals surface area contributed by atoms with Gasteiger partial charge >= 0.3 is 0 Å². The van der Waals surface area contributed by atoms with E-state index in [9.17, 15) is 9.18 Å². The van der Waals surface area contributed by atoms with Crippen LogP contribution >= 0.6 is 11.6 Å². The topological polar surface area (TPSA) is 20.3 Å². The second-order valence-electron chi connectivity index (χ2n) is 5.56. The highest BCUT2D eigenvalue weighted by atomic mass is 35.5. The van der Waals surface area contributed by atoms with Crippen molar-refractivity contribution in [1.82, 2.24) is 4.90 Å². The molecule has 1 heterocycles. The Morgan fingerprint density at radius 2 is 1.91 bits per heavy atom. The van der Waals surface area contributed by atoms with E-state index < -0.39 is 0 Å². The van der Waals surface area contributed by atoms with Crippen LogP contribution in [0.2, 0.25) is 5.02 Å². The van der Waals surface area contributed by atoms with Crippen LogP contribution in [0.1, 0.15) is 30.0 Å². The molecule has 0 N–H and O–H groups in total. The minimum Gasteiger partial charge on any atom is -0.335 e. The maximum atomic E-state index is 13.1. The van der Waals surface area contributed by atoms with E-state index in [0.717, 1.165) is 30.5 Å². The van der Waals surface area contributed by atoms with Gasteiger partial charge in [0.05, 0.1) is 12.5 Å². The molecule has 1 atom stereocenters. The number of benzene rings is 2. The molecule has 2 nitrogen and oxygen atoms in total. The summed E-state index contributed by atoms with van der Waals surface area (Å²) in [4.78, 5) is 14.5. The van der Waals surface area contributed by atoms with Gasteiger partial charge in [-0.05, 0) is 42.2 Å². The van der Waals surface area contributed by atoms with Crippen molar-refractivity contribution in [3.8, 4) is 0 Å². The van der Waals surface area contributed by atoms with Crippen molar-refractivity contribution in [3.05, 3.63) is 70.5 Å². The van der Waals surface area contributed by atoms with Crippen molar-refractivity contribution >= 4 is 17.5 Å². The van der Waals surface area contributed by atoms with E-state index in [1.807, 2.05) is 23.1 Å². The number of hydrogen-bond donors (Lipinski definition) is 0. The van der Waals surface area contributed by atoms with E-state index in [1.54, 1.807) is 18.2 Å². The monoisotopic (exact) mass is 317 g/mol. The number of hydrogen-bond acceptors (Lipinski definition) is 1. The number of rotatable bonds is 3. The van der Waals surface area contributed by atoms with Gasteiger partial charge in [0, 0.05) is 11.6 Å². The molecule has 0 unspecified atom stereocenters. The van der Waals surface area contributed by atoms with Crippen molar-refractivity contribution in [2.75, 3.05) is 6.54 Å². The Hall–Kier alpha value is -1.87. The first-order valence-corrected chi connectivity index (χ1v) is 7.81. The van der Waals surface area contributed by atoms with Crippen molar-refractivity contribution in [1.29, 1.82) is 0 Å². The first-order valence-electron chi connectivity index (χ1n) is 7.43. The zero-order chi connectivity index (χ0) is 15.5. The van der Waals surface area contributed by atoms with Crippen LogP contribution in [0.15, 0.2) is 48.5 Å². The van der Waals surface area contributed by atoms with E-state index in [2.05, 4.69) is 0 Å². The minimum absolute atomic E-state index is 0.0376. The number of nitrogens with zero attached hydrogens (tertiary/aromatic N) is 1. The Labute approximate surface area is 134 Å². The van der Waals surface area contributed by atoms with Gasteiger partial charge in [0.15, 0.2) is 0 Å². The maximum absolute atomic E-state index is 13.1. The SMILES string of the molecule is O=C(Cc1ccccc1Cl)N1CCC[C@@H]1c1ccc(F)cc1. The van der Waals surface area contributed by atoms with Crippen molar-refractivity contribution in [3.63, 3.8) is 0 Å². The second kappa shape index (κ2) is 6.49. The number of halogens is 2. The van der Waals surface area contributed by atoms with E-state index in [0.29, 0.717) is 11.4 Å². The van der Waals surface area contributed by atoms with Gasteiger partial charge in [0.2, 0.25) is 5.91 Å². The normalized spacial score (nSPS) is 17.7. The lowest BCUT2D eigenvalue weighted by Crippen LogP contribution is -2.31. The van der Waals surface area contributed by atoms with Gasteiger partial charge in [-0.3, -0.25) is 4.79 Å². The zero-order valence-electron chi connectivity index (χ0n) is 12.1. The lowest BCUT2D eigenvalue weighted by Gasteiger charge is -2.25. The fraction of sp³-hybridized carbons (Fsp3) is 0.278. The summed E-state index contributed by atoms with van der Waals surface area (Å²) in [6.45, 7) is 0.741. The molecule has 3 rings (SSSR count). The maximum Gasteiger partial charge on any atom is 0.227 e. The van der Waals surface area contributed by atoms with Crippen LogP contribution in [0.25, 0.3) is 0 Å². The van der Waals surface area contributed by atoms with Crippen LogP contribution in [-0.4, -0.2) is 17.4 Å². The summed E-state index contributed by atoms with van der Waals surface area (Å²) in [5, 5.41) is 0.619. The molecule has 4 heteroatoms. The van der Waals surface area contributed by atoms with Crippen LogP contribution in [0.4, 0.5) is 4.39 Å². The fourth-order valence-corrected chi connectivity index (χ4v) is 3.21. The van der Waals surface area contributed by atoms with Gasteiger partial charge in [0.1, 0.15) is 5.82 Å². The number of carbonyl (C=O) groups is 1. The van der Waals surface area contributed by atoms with Crippen LogP contribution in [-0.2, 0) is 11.2 Å². The molecule has 0 bridgehead atoms. The fourth-order valence-electron chi connectivity index (χ4n) is 3.00. The van der Waals surface area contributed by atoms with E-state index in [4.69, 9.17) is 11.6 Å². The summed E-state index contributed by atoms with van der Waals surface area (Å²) >= 11 is 6.13. The van der Waals surface area contributed by atoms with Gasteiger partial charge in [-0.1, -0.05) is 41.9 Å². The largest absolute Gasteiger partial charge is 0.335 e. The molecule has 114 valence electrons. The summed E-state index contributed by atoms with van der Waals surface area (Å²) < 4.78 is 13.1. The molecule has 0 radical (unpaired) electrons. The first kappa shape index (κ1) is 15.0. The van der Waals surface area contributed by atoms with Crippen molar-refractivity contribution in [2.24, 2.45) is 0 Å². The highest BCUT2D eigenvalue weighted by molar-refractivity contribution is 6.31. The van der Waals surface area contributed by atoms with Crippen LogP contribution in [0.3, 0.4) is 0 Å². The summed E-state index contributed by atoms with van der Waals surface area (Å²) in [7, 11) is 0. The summed E-state index contributed by atoms with van der Waals surface area (Å²) in [6.07, 6.45) is 2.19. The molecule has 0 aromatic heterocycles. The van der Waals surface area contributed by atoms with Gasteiger partial charge in [-0.25, -0.2) is 4.39 Å². The third kappa shape index (κ3) is 3.14. The molecule has 1 amide bonds. The molecule has 2 aromatic rings. The average Bonchev–Trinajstić information content (AvgIpc) is 3.00. The predicted octanol–water partition coefficient (Wildman–Crippen LogP) is 4.39. The molecule has 2 aromatic carbocycles. The van der Waals surface area contributed by atoms with Gasteiger partial charge in [-0.15, -0.1) is 0 Å². The standard InChI is InChI=1S/C18H17ClFNO/c19-16-5-2-1-4-14(16)12-18(22)21-11-3-6-17(21)13-7-9-15(20)10-8-13/h1-2,4-5,7-10,17H,3,6,11-12H2/t17-/m1/s1. The van der Waals surface area contributed by atoms with Gasteiger partial charge in [-0.2, -0.15) is 0 Å². The summed E-state index contributed by atoms with van der Waals surface area (Å²) in [6, 6.07) is 13.9. The second-order valence-corrected chi connectivity index (χ2v) is 5.97. The third-order valence-electron chi connectivity index (χ3n) is 4.13. The summed E-state index contributed by atoms with van der Waals surface area (Å²) in [5.41, 5.74) is 1.84. The quantitative estimate of drug-likeness (QED) is 0.822. The Morgan fingerprint density at radius 1 is 1.18 bits per heavy atom. The van der Waals surface area contributed by atoms with Crippen LogP contribution < -0.4 is 0 Å². The molecule has 1 fully saturated rings. The average molecular weight is 318 g/mol. The molecular formula is C18H17ClFNO. The number of likely N-dealkylation sites (tertiary alicyclic amines) is 1. The van der Waals surface area contributed by atoms with Gasteiger partial charge < -0.3 is 4.90 Å².